The Labute approximate surface area is 186 Å². The number of rotatable bonds is 10. The third kappa shape index (κ3) is 8.82. The lowest BCUT2D eigenvalue weighted by Gasteiger charge is -2.32. The minimum atomic E-state index is -0.830. The summed E-state index contributed by atoms with van der Waals surface area (Å²) in [6.45, 7) is 15.3. The van der Waals surface area contributed by atoms with Crippen LogP contribution >= 0.6 is 0 Å². The molecule has 0 heterocycles. The van der Waals surface area contributed by atoms with Crippen molar-refractivity contribution in [1.82, 2.24) is 15.5 Å². The molecule has 0 bridgehead atoms. The van der Waals surface area contributed by atoms with E-state index >= 15 is 0 Å². The maximum atomic E-state index is 13.2. The Bertz CT molecular complexity index is 784. The van der Waals surface area contributed by atoms with Gasteiger partial charge in [0.1, 0.15) is 18.2 Å². The zero-order chi connectivity index (χ0) is 23.6. The number of nitrogens with one attached hydrogen (secondary N) is 2. The van der Waals surface area contributed by atoms with E-state index < -0.39 is 23.6 Å². The van der Waals surface area contributed by atoms with Crippen molar-refractivity contribution >= 4 is 17.9 Å². The lowest BCUT2D eigenvalue weighted by Crippen LogP contribution is -2.48. The van der Waals surface area contributed by atoms with Gasteiger partial charge in [-0.15, -0.1) is 6.58 Å². The van der Waals surface area contributed by atoms with Gasteiger partial charge < -0.3 is 20.3 Å². The standard InChI is InChI=1S/C24H37N3O4/c1-8-10-13-25-22(29)21(19-12-11-17(3)15-18(19)4)27(14-9-2)20(28)16-26-23(30)31-24(5,6)7/h9,11-12,15,21H,2,8,10,13-14,16H2,1,3-7H3,(H,25,29)(H,26,30). The van der Waals surface area contributed by atoms with E-state index in [1.807, 2.05) is 39.0 Å². The second-order valence-electron chi connectivity index (χ2n) is 8.60. The van der Waals surface area contributed by atoms with Crippen molar-refractivity contribution in [2.75, 3.05) is 19.6 Å². The number of aryl methyl sites for hydroxylation is 2. The lowest BCUT2D eigenvalue weighted by atomic mass is 9.97. The SMILES string of the molecule is C=CCN(C(=O)CNC(=O)OC(C)(C)C)C(C(=O)NCCCC)c1ccc(C)cc1C. The molecule has 0 aliphatic heterocycles. The van der Waals surface area contributed by atoms with Crippen LogP contribution < -0.4 is 10.6 Å². The molecule has 0 saturated heterocycles. The van der Waals surface area contributed by atoms with Gasteiger partial charge in [-0.2, -0.15) is 0 Å². The van der Waals surface area contributed by atoms with E-state index in [-0.39, 0.29) is 19.0 Å². The van der Waals surface area contributed by atoms with E-state index in [2.05, 4.69) is 17.2 Å². The summed E-state index contributed by atoms with van der Waals surface area (Å²) in [4.78, 5) is 39.6. The number of hydrogen-bond donors (Lipinski definition) is 2. The summed E-state index contributed by atoms with van der Waals surface area (Å²) in [6.07, 6.45) is 2.68. The molecule has 0 radical (unpaired) electrons. The fourth-order valence-electron chi connectivity index (χ4n) is 3.12. The average Bonchev–Trinajstić information content (AvgIpc) is 2.66. The zero-order valence-electron chi connectivity index (χ0n) is 19.7. The normalized spacial score (nSPS) is 11.9. The Morgan fingerprint density at radius 1 is 1.19 bits per heavy atom. The first-order chi connectivity index (χ1) is 14.5. The highest BCUT2D eigenvalue weighted by atomic mass is 16.6. The molecule has 2 N–H and O–H groups in total. The van der Waals surface area contributed by atoms with Crippen LogP contribution in [-0.2, 0) is 14.3 Å². The predicted octanol–water partition coefficient (Wildman–Crippen LogP) is 3.80. The van der Waals surface area contributed by atoms with E-state index in [9.17, 15) is 14.4 Å². The van der Waals surface area contributed by atoms with Crippen LogP contribution in [0.15, 0.2) is 30.9 Å². The summed E-state index contributed by atoms with van der Waals surface area (Å²) in [7, 11) is 0. The van der Waals surface area contributed by atoms with Gasteiger partial charge in [0, 0.05) is 13.1 Å². The molecule has 7 heteroatoms. The van der Waals surface area contributed by atoms with Crippen molar-refractivity contribution in [3.8, 4) is 0 Å². The van der Waals surface area contributed by atoms with E-state index in [0.717, 1.165) is 29.5 Å². The fourth-order valence-corrected chi connectivity index (χ4v) is 3.12. The number of amides is 3. The zero-order valence-corrected chi connectivity index (χ0v) is 19.7. The molecule has 0 aromatic heterocycles. The maximum Gasteiger partial charge on any atom is 0.408 e. The number of benzene rings is 1. The number of carbonyl (C=O) groups is 3. The highest BCUT2D eigenvalue weighted by Gasteiger charge is 2.32. The third-order valence-electron chi connectivity index (χ3n) is 4.54. The molecule has 0 saturated carbocycles. The van der Waals surface area contributed by atoms with Crippen LogP contribution in [0.25, 0.3) is 0 Å². The molecule has 1 aromatic rings. The minimum absolute atomic E-state index is 0.161. The molecule has 0 aliphatic carbocycles. The highest BCUT2D eigenvalue weighted by Crippen LogP contribution is 2.25. The number of hydrogen-bond acceptors (Lipinski definition) is 4. The molecular formula is C24H37N3O4. The second-order valence-corrected chi connectivity index (χ2v) is 8.60. The van der Waals surface area contributed by atoms with Crippen LogP contribution in [0.1, 0.15) is 63.3 Å². The van der Waals surface area contributed by atoms with Gasteiger partial charge in [-0.1, -0.05) is 43.2 Å². The van der Waals surface area contributed by atoms with Gasteiger partial charge in [-0.25, -0.2) is 4.79 Å². The van der Waals surface area contributed by atoms with Gasteiger partial charge >= 0.3 is 6.09 Å². The average molecular weight is 432 g/mol. The third-order valence-corrected chi connectivity index (χ3v) is 4.54. The summed E-state index contributed by atoms with van der Waals surface area (Å²) >= 11 is 0. The number of alkyl carbamates (subject to hydrolysis) is 1. The van der Waals surface area contributed by atoms with Crippen molar-refractivity contribution in [2.45, 2.75) is 66.0 Å². The van der Waals surface area contributed by atoms with Crippen molar-refractivity contribution in [1.29, 1.82) is 0 Å². The number of ether oxygens (including phenoxy) is 1. The topological polar surface area (TPSA) is 87.7 Å². The van der Waals surface area contributed by atoms with Gasteiger partial charge in [0.25, 0.3) is 0 Å². The summed E-state index contributed by atoms with van der Waals surface area (Å²) in [5.41, 5.74) is 2.05. The van der Waals surface area contributed by atoms with Crippen LogP contribution in [0.5, 0.6) is 0 Å². The van der Waals surface area contributed by atoms with Crippen LogP contribution in [-0.4, -0.2) is 48.0 Å². The summed E-state index contributed by atoms with van der Waals surface area (Å²) in [6, 6.07) is 4.95. The number of unbranched alkanes of at least 4 members (excludes halogenated alkanes) is 1. The predicted molar refractivity (Wildman–Crippen MR) is 123 cm³/mol. The molecule has 1 unspecified atom stereocenters. The summed E-state index contributed by atoms with van der Waals surface area (Å²) < 4.78 is 5.20. The molecule has 31 heavy (non-hydrogen) atoms. The van der Waals surface area contributed by atoms with Gasteiger partial charge in [-0.3, -0.25) is 9.59 Å². The van der Waals surface area contributed by atoms with Crippen LogP contribution in [0, 0.1) is 13.8 Å². The molecule has 0 fully saturated rings. The van der Waals surface area contributed by atoms with Crippen molar-refractivity contribution in [3.05, 3.63) is 47.5 Å². The Hall–Kier alpha value is -2.83. The van der Waals surface area contributed by atoms with E-state index in [4.69, 9.17) is 4.74 Å². The Balaban J connectivity index is 3.16. The second kappa shape index (κ2) is 12.1. The van der Waals surface area contributed by atoms with Gasteiger partial charge in [0.2, 0.25) is 11.8 Å². The maximum absolute atomic E-state index is 13.2. The fraction of sp³-hybridized carbons (Fsp3) is 0.542. The molecule has 1 aromatic carbocycles. The first kappa shape index (κ1) is 26.2. The highest BCUT2D eigenvalue weighted by molar-refractivity contribution is 5.90. The summed E-state index contributed by atoms with van der Waals surface area (Å²) in [5.74, 6) is -0.658. The Morgan fingerprint density at radius 3 is 2.42 bits per heavy atom. The largest absolute Gasteiger partial charge is 0.444 e. The van der Waals surface area contributed by atoms with E-state index in [1.54, 1.807) is 26.8 Å². The molecule has 0 aliphatic rings. The monoisotopic (exact) mass is 431 g/mol. The van der Waals surface area contributed by atoms with Gasteiger partial charge in [0.05, 0.1) is 0 Å². The Kier molecular flexibility index (Phi) is 10.3. The van der Waals surface area contributed by atoms with Crippen LogP contribution in [0.2, 0.25) is 0 Å². The molecular weight excluding hydrogens is 394 g/mol. The number of carbonyl (C=O) groups excluding carboxylic acids is 3. The van der Waals surface area contributed by atoms with E-state index in [0.29, 0.717) is 6.54 Å². The smallest absolute Gasteiger partial charge is 0.408 e. The Morgan fingerprint density at radius 2 is 1.87 bits per heavy atom. The van der Waals surface area contributed by atoms with Crippen LogP contribution in [0.4, 0.5) is 4.79 Å². The molecule has 0 spiro atoms. The van der Waals surface area contributed by atoms with Gasteiger partial charge in [-0.05, 0) is 52.2 Å². The molecule has 1 rings (SSSR count). The van der Waals surface area contributed by atoms with Crippen molar-refractivity contribution < 1.29 is 19.1 Å². The minimum Gasteiger partial charge on any atom is -0.444 e. The number of nitrogens with zero attached hydrogens (tertiary/aromatic N) is 1. The summed E-state index contributed by atoms with van der Waals surface area (Å²) in [5, 5.41) is 5.42. The lowest BCUT2D eigenvalue weighted by molar-refractivity contribution is -0.139. The first-order valence-electron chi connectivity index (χ1n) is 10.7. The van der Waals surface area contributed by atoms with Crippen LogP contribution in [0.3, 0.4) is 0 Å². The van der Waals surface area contributed by atoms with Gasteiger partial charge in [0.15, 0.2) is 0 Å². The molecule has 7 nitrogen and oxygen atoms in total. The molecule has 172 valence electrons. The molecule has 3 amide bonds. The van der Waals surface area contributed by atoms with E-state index in [1.165, 1.54) is 4.90 Å². The molecule has 1 atom stereocenters. The van der Waals surface area contributed by atoms with Crippen molar-refractivity contribution in [2.24, 2.45) is 0 Å². The quantitative estimate of drug-likeness (QED) is 0.436. The van der Waals surface area contributed by atoms with Crippen molar-refractivity contribution in [3.63, 3.8) is 0 Å². The first-order valence-corrected chi connectivity index (χ1v) is 10.7.